The van der Waals surface area contributed by atoms with E-state index in [1.807, 2.05) is 0 Å². The van der Waals surface area contributed by atoms with Crippen molar-refractivity contribution in [3.05, 3.63) is 53.5 Å². The van der Waals surface area contributed by atoms with Crippen molar-refractivity contribution in [3.8, 4) is 5.88 Å². The zero-order valence-electron chi connectivity index (χ0n) is 13.8. The second-order valence-electron chi connectivity index (χ2n) is 5.16. The van der Waals surface area contributed by atoms with Gasteiger partial charge in [-0.2, -0.15) is 4.39 Å². The van der Waals surface area contributed by atoms with E-state index >= 15 is 0 Å². The summed E-state index contributed by atoms with van der Waals surface area (Å²) in [5, 5.41) is 8.97. The standard InChI is InChI=1S/C17H20FN5O/c1-3-5-13-15(21-11-22-17(13)24-2)10-12(7-8-19)23-16-14(18)6-4-9-20-16/h4,6-9,11,19H,3,5,10H2,1-2H3,(H,20,23)/p+1/b12-7-,19-8?. The van der Waals surface area contributed by atoms with Gasteiger partial charge in [0.2, 0.25) is 11.7 Å². The molecule has 0 spiro atoms. The zero-order valence-corrected chi connectivity index (χ0v) is 13.8. The normalized spacial score (nSPS) is 11.4. The molecular formula is C17H21FN5O+. The molecule has 0 unspecified atom stereocenters. The first-order valence-corrected chi connectivity index (χ1v) is 7.71. The third kappa shape index (κ3) is 4.42. The molecule has 0 saturated heterocycles. The van der Waals surface area contributed by atoms with Gasteiger partial charge in [-0.15, -0.1) is 0 Å². The number of nitrogens with two attached hydrogens (primary N) is 1. The molecule has 2 heterocycles. The quantitative estimate of drug-likeness (QED) is 0.724. The molecule has 0 aliphatic rings. The fraction of sp³-hybridized carbons (Fsp3) is 0.294. The van der Waals surface area contributed by atoms with Gasteiger partial charge in [0, 0.05) is 24.1 Å². The molecule has 0 amide bonds. The predicted octanol–water partition coefficient (Wildman–Crippen LogP) is 1.94. The maximum absolute atomic E-state index is 13.8. The summed E-state index contributed by atoms with van der Waals surface area (Å²) in [7, 11) is 1.58. The van der Waals surface area contributed by atoms with Crippen LogP contribution in [0.4, 0.5) is 10.2 Å². The molecule has 6 nitrogen and oxygen atoms in total. The van der Waals surface area contributed by atoms with Gasteiger partial charge >= 0.3 is 0 Å². The first-order chi connectivity index (χ1) is 11.7. The van der Waals surface area contributed by atoms with Crippen LogP contribution < -0.4 is 10.1 Å². The van der Waals surface area contributed by atoms with Gasteiger partial charge in [0.1, 0.15) is 12.0 Å². The topological polar surface area (TPSA) is 88.4 Å². The number of halogens is 1. The number of methoxy groups -OCH3 is 1. The number of rotatable bonds is 8. The van der Waals surface area contributed by atoms with Crippen LogP contribution >= 0.6 is 0 Å². The first kappa shape index (κ1) is 17.7. The Balaban J connectivity index is 2.30. The van der Waals surface area contributed by atoms with Crippen LogP contribution in [0, 0.1) is 11.2 Å². The van der Waals surface area contributed by atoms with Gasteiger partial charge in [0.25, 0.3) is 5.82 Å². The third-order valence-electron chi connectivity index (χ3n) is 3.47. The van der Waals surface area contributed by atoms with E-state index in [1.165, 1.54) is 24.8 Å². The fourth-order valence-corrected chi connectivity index (χ4v) is 2.40. The number of pyridine rings is 1. The SMILES string of the molecule is CCCc1c(C/C(=C/C=N)[NH2+]c2ncccc2F)ncnc1OC. The zero-order chi connectivity index (χ0) is 17.4. The molecule has 0 atom stereocenters. The molecule has 2 aromatic rings. The van der Waals surface area contributed by atoms with Crippen molar-refractivity contribution in [2.45, 2.75) is 26.2 Å². The number of hydrogen-bond acceptors (Lipinski definition) is 5. The Hall–Kier alpha value is -2.67. The molecule has 0 aliphatic heterocycles. The molecule has 0 fully saturated rings. The maximum Gasteiger partial charge on any atom is 0.265 e. The van der Waals surface area contributed by atoms with Gasteiger partial charge in [0.15, 0.2) is 0 Å². The smallest absolute Gasteiger partial charge is 0.265 e. The van der Waals surface area contributed by atoms with E-state index in [0.717, 1.165) is 29.8 Å². The van der Waals surface area contributed by atoms with Crippen LogP contribution in [0.1, 0.15) is 24.6 Å². The van der Waals surface area contributed by atoms with Crippen molar-refractivity contribution in [3.63, 3.8) is 0 Å². The Morgan fingerprint density at radius 2 is 2.21 bits per heavy atom. The van der Waals surface area contributed by atoms with Crippen LogP contribution in [-0.4, -0.2) is 28.3 Å². The van der Waals surface area contributed by atoms with Crippen LogP contribution in [0.2, 0.25) is 0 Å². The number of nitrogens with one attached hydrogen (secondary N) is 1. The molecule has 24 heavy (non-hydrogen) atoms. The molecule has 3 N–H and O–H groups in total. The summed E-state index contributed by atoms with van der Waals surface area (Å²) in [6.07, 6.45) is 7.93. The second kappa shape index (κ2) is 8.83. The van der Waals surface area contributed by atoms with Crippen LogP contribution in [0.3, 0.4) is 0 Å². The average Bonchev–Trinajstić information content (AvgIpc) is 2.58. The summed E-state index contributed by atoms with van der Waals surface area (Å²) >= 11 is 0. The summed E-state index contributed by atoms with van der Waals surface area (Å²) in [5.41, 5.74) is 2.48. The van der Waals surface area contributed by atoms with Crippen LogP contribution in [0.25, 0.3) is 0 Å². The first-order valence-electron chi connectivity index (χ1n) is 7.71. The van der Waals surface area contributed by atoms with Gasteiger partial charge in [-0.05, 0) is 18.6 Å². The predicted molar refractivity (Wildman–Crippen MR) is 88.9 cm³/mol. The van der Waals surface area contributed by atoms with E-state index in [0.29, 0.717) is 12.3 Å². The highest BCUT2D eigenvalue weighted by Crippen LogP contribution is 2.20. The van der Waals surface area contributed by atoms with E-state index in [2.05, 4.69) is 21.9 Å². The number of quaternary nitrogens is 1. The molecule has 0 saturated carbocycles. The Morgan fingerprint density at radius 3 is 2.88 bits per heavy atom. The Kier molecular flexibility index (Phi) is 6.51. The van der Waals surface area contributed by atoms with E-state index in [9.17, 15) is 4.39 Å². The Labute approximate surface area is 140 Å². The van der Waals surface area contributed by atoms with Crippen LogP contribution in [0.15, 0.2) is 36.4 Å². The van der Waals surface area contributed by atoms with Crippen molar-refractivity contribution in [1.82, 2.24) is 15.0 Å². The minimum Gasteiger partial charge on any atom is -0.481 e. The summed E-state index contributed by atoms with van der Waals surface area (Å²) in [4.78, 5) is 12.5. The highest BCUT2D eigenvalue weighted by atomic mass is 19.1. The van der Waals surface area contributed by atoms with Gasteiger partial charge in [-0.1, -0.05) is 13.3 Å². The molecule has 7 heteroatoms. The molecule has 126 valence electrons. The third-order valence-corrected chi connectivity index (χ3v) is 3.47. The van der Waals surface area contributed by atoms with Crippen LogP contribution in [-0.2, 0) is 12.8 Å². The lowest BCUT2D eigenvalue weighted by Gasteiger charge is -2.11. The monoisotopic (exact) mass is 330 g/mol. The van der Waals surface area contributed by atoms with E-state index < -0.39 is 5.82 Å². The molecule has 0 aliphatic carbocycles. The van der Waals surface area contributed by atoms with Crippen molar-refractivity contribution < 1.29 is 14.4 Å². The van der Waals surface area contributed by atoms with Crippen molar-refractivity contribution in [2.24, 2.45) is 0 Å². The van der Waals surface area contributed by atoms with E-state index in [-0.39, 0.29) is 5.82 Å². The van der Waals surface area contributed by atoms with Crippen molar-refractivity contribution in [1.29, 1.82) is 5.41 Å². The minimum absolute atomic E-state index is 0.240. The molecular weight excluding hydrogens is 309 g/mol. The summed E-state index contributed by atoms with van der Waals surface area (Å²) < 4.78 is 19.1. The number of aromatic nitrogens is 3. The summed E-state index contributed by atoms with van der Waals surface area (Å²) in [5.74, 6) is 0.395. The average molecular weight is 330 g/mol. The largest absolute Gasteiger partial charge is 0.481 e. The Bertz CT molecular complexity index is 733. The number of nitrogens with zero attached hydrogens (tertiary/aromatic N) is 3. The molecule has 0 radical (unpaired) electrons. The lowest BCUT2D eigenvalue weighted by Crippen LogP contribution is -2.77. The fourth-order valence-electron chi connectivity index (χ4n) is 2.40. The molecule has 0 bridgehead atoms. The number of ether oxygens (including phenoxy) is 1. The number of hydrogen-bond donors (Lipinski definition) is 2. The molecule has 0 aromatic carbocycles. The van der Waals surface area contributed by atoms with Gasteiger partial charge in [-0.3, -0.25) is 5.32 Å². The van der Waals surface area contributed by atoms with Gasteiger partial charge < -0.3 is 10.1 Å². The minimum atomic E-state index is -0.401. The van der Waals surface area contributed by atoms with E-state index in [1.54, 1.807) is 24.6 Å². The summed E-state index contributed by atoms with van der Waals surface area (Å²) in [6.45, 7) is 2.07. The highest BCUT2D eigenvalue weighted by molar-refractivity contribution is 5.68. The lowest BCUT2D eigenvalue weighted by atomic mass is 10.1. The lowest BCUT2D eigenvalue weighted by molar-refractivity contribution is -0.525. The van der Waals surface area contributed by atoms with E-state index in [4.69, 9.17) is 10.1 Å². The molecule has 2 rings (SSSR count). The second-order valence-corrected chi connectivity index (χ2v) is 5.16. The van der Waals surface area contributed by atoms with Gasteiger partial charge in [0.05, 0.1) is 19.2 Å². The maximum atomic E-state index is 13.8. The van der Waals surface area contributed by atoms with Crippen molar-refractivity contribution >= 4 is 12.0 Å². The van der Waals surface area contributed by atoms with Crippen LogP contribution in [0.5, 0.6) is 5.88 Å². The highest BCUT2D eigenvalue weighted by Gasteiger charge is 2.16. The Morgan fingerprint density at radius 1 is 1.38 bits per heavy atom. The summed E-state index contributed by atoms with van der Waals surface area (Å²) in [6, 6.07) is 2.90. The van der Waals surface area contributed by atoms with Crippen molar-refractivity contribution in [2.75, 3.05) is 7.11 Å². The molecule has 2 aromatic heterocycles. The van der Waals surface area contributed by atoms with Gasteiger partial charge in [-0.25, -0.2) is 15.0 Å². The number of allylic oxidation sites excluding steroid dienone is 2.